The maximum Gasteiger partial charge on any atom is 0.231 e. The fourth-order valence-corrected chi connectivity index (χ4v) is 2.74. The minimum Gasteiger partial charge on any atom is -0.493 e. The molecule has 2 amide bonds. The Morgan fingerprint density at radius 2 is 1.78 bits per heavy atom. The first-order valence-corrected chi connectivity index (χ1v) is 7.58. The van der Waals surface area contributed by atoms with Crippen LogP contribution in [-0.2, 0) is 9.59 Å². The molecule has 0 radical (unpaired) electrons. The molecule has 1 aliphatic rings. The fourth-order valence-electron chi connectivity index (χ4n) is 2.74. The lowest BCUT2D eigenvalue weighted by atomic mass is 9.85. The van der Waals surface area contributed by atoms with Crippen molar-refractivity contribution >= 4 is 29.9 Å². The van der Waals surface area contributed by atoms with Crippen LogP contribution in [0.15, 0.2) is 24.3 Å². The van der Waals surface area contributed by atoms with Crippen LogP contribution in [0.25, 0.3) is 0 Å². The molecule has 0 heterocycles. The summed E-state index contributed by atoms with van der Waals surface area (Å²) in [7, 11) is 0. The van der Waals surface area contributed by atoms with Crippen LogP contribution in [0.3, 0.4) is 0 Å². The minimum atomic E-state index is -0.420. The lowest BCUT2D eigenvalue weighted by Gasteiger charge is -2.25. The zero-order valence-corrected chi connectivity index (χ0v) is 13.9. The Labute approximate surface area is 142 Å². The molecule has 5 N–H and O–H groups in total. The van der Waals surface area contributed by atoms with E-state index in [0.29, 0.717) is 18.0 Å². The molecule has 1 aromatic carbocycles. The zero-order chi connectivity index (χ0) is 16.0. The summed E-state index contributed by atoms with van der Waals surface area (Å²) >= 11 is 0. The number of rotatable bonds is 7. The molecule has 2 rings (SSSR count). The van der Waals surface area contributed by atoms with Crippen LogP contribution >= 0.6 is 12.4 Å². The number of nitrogens with two attached hydrogens (primary N) is 2. The molecule has 6 nitrogen and oxygen atoms in total. The molecule has 7 heteroatoms. The quantitative estimate of drug-likeness (QED) is 0.703. The van der Waals surface area contributed by atoms with Gasteiger partial charge in [-0.1, -0.05) is 12.8 Å². The van der Waals surface area contributed by atoms with Crippen molar-refractivity contribution in [3.05, 3.63) is 24.3 Å². The van der Waals surface area contributed by atoms with Crippen LogP contribution < -0.4 is 21.5 Å². The van der Waals surface area contributed by atoms with Gasteiger partial charge in [0.2, 0.25) is 11.8 Å². The minimum absolute atomic E-state index is 0. The molecule has 0 spiro atoms. The van der Waals surface area contributed by atoms with E-state index in [4.69, 9.17) is 16.2 Å². The third kappa shape index (κ3) is 5.11. The summed E-state index contributed by atoms with van der Waals surface area (Å²) in [6, 6.07) is 7.05. The Morgan fingerprint density at radius 1 is 1.17 bits per heavy atom. The predicted molar refractivity (Wildman–Crippen MR) is 91.6 cm³/mol. The molecule has 1 aromatic rings. The third-order valence-electron chi connectivity index (χ3n) is 4.16. The van der Waals surface area contributed by atoms with Crippen molar-refractivity contribution in [1.82, 2.24) is 0 Å². The third-order valence-corrected chi connectivity index (χ3v) is 4.16. The van der Waals surface area contributed by atoms with Gasteiger partial charge in [0.1, 0.15) is 5.75 Å². The van der Waals surface area contributed by atoms with Crippen molar-refractivity contribution in [1.29, 1.82) is 0 Å². The highest BCUT2D eigenvalue weighted by atomic mass is 35.5. The number of hydrogen-bond acceptors (Lipinski definition) is 4. The number of amides is 2. The second kappa shape index (κ2) is 8.74. The number of anilines is 1. The van der Waals surface area contributed by atoms with Crippen molar-refractivity contribution in [3.8, 4) is 5.75 Å². The Hall–Kier alpha value is -1.79. The van der Waals surface area contributed by atoms with Crippen molar-refractivity contribution in [2.24, 2.45) is 16.9 Å². The van der Waals surface area contributed by atoms with Crippen molar-refractivity contribution in [3.63, 3.8) is 0 Å². The van der Waals surface area contributed by atoms with Gasteiger partial charge in [-0.25, -0.2) is 0 Å². The predicted octanol–water partition coefficient (Wildman–Crippen LogP) is 1.82. The van der Waals surface area contributed by atoms with Gasteiger partial charge in [0, 0.05) is 12.2 Å². The van der Waals surface area contributed by atoms with E-state index in [9.17, 15) is 9.59 Å². The molecule has 0 aliphatic heterocycles. The number of halogens is 1. The van der Waals surface area contributed by atoms with Gasteiger partial charge in [0.05, 0.1) is 18.4 Å². The lowest BCUT2D eigenvalue weighted by molar-refractivity contribution is -0.125. The van der Waals surface area contributed by atoms with E-state index in [-0.39, 0.29) is 31.3 Å². The monoisotopic (exact) mass is 341 g/mol. The van der Waals surface area contributed by atoms with Crippen molar-refractivity contribution < 1.29 is 14.3 Å². The molecule has 0 unspecified atom stereocenters. The molecule has 0 aromatic heterocycles. The number of benzene rings is 1. The Morgan fingerprint density at radius 3 is 2.30 bits per heavy atom. The van der Waals surface area contributed by atoms with Gasteiger partial charge in [0.25, 0.3) is 0 Å². The maximum atomic E-state index is 12.4. The van der Waals surface area contributed by atoms with Crippen LogP contribution in [-0.4, -0.2) is 25.0 Å². The van der Waals surface area contributed by atoms with Crippen molar-refractivity contribution in [2.75, 3.05) is 18.5 Å². The number of carbonyl (C=O) groups is 2. The number of nitrogens with one attached hydrogen (secondary N) is 1. The van der Waals surface area contributed by atoms with Crippen LogP contribution in [0.5, 0.6) is 5.75 Å². The van der Waals surface area contributed by atoms with Gasteiger partial charge >= 0.3 is 0 Å². The standard InChI is InChI=1S/C16H23N3O3.ClH/c17-11-16(8-1-2-9-16)15(21)19-12-3-5-13(6-4-12)22-10-7-14(18)20;/h3-6H,1-2,7-11,17H2,(H2,18,20)(H,19,21);1H. The van der Waals surface area contributed by atoms with E-state index in [2.05, 4.69) is 5.32 Å². The average Bonchev–Trinajstić information content (AvgIpc) is 2.99. The largest absolute Gasteiger partial charge is 0.493 e. The molecule has 23 heavy (non-hydrogen) atoms. The van der Waals surface area contributed by atoms with Gasteiger partial charge in [-0.15, -0.1) is 12.4 Å². The summed E-state index contributed by atoms with van der Waals surface area (Å²) in [5, 5.41) is 2.93. The molecule has 1 fully saturated rings. The second-order valence-electron chi connectivity index (χ2n) is 5.73. The Bertz CT molecular complexity index is 528. The summed E-state index contributed by atoms with van der Waals surface area (Å²) in [6.45, 7) is 0.629. The highest BCUT2D eigenvalue weighted by Crippen LogP contribution is 2.38. The van der Waals surface area contributed by atoms with Gasteiger partial charge in [-0.3, -0.25) is 9.59 Å². The van der Waals surface area contributed by atoms with Crippen LogP contribution in [0.1, 0.15) is 32.1 Å². The molecular weight excluding hydrogens is 318 g/mol. The van der Waals surface area contributed by atoms with Gasteiger partial charge < -0.3 is 21.5 Å². The van der Waals surface area contributed by atoms with Gasteiger partial charge in [0.15, 0.2) is 0 Å². The van der Waals surface area contributed by atoms with Crippen LogP contribution in [0.4, 0.5) is 5.69 Å². The van der Waals surface area contributed by atoms with Crippen LogP contribution in [0, 0.1) is 5.41 Å². The molecular formula is C16H24ClN3O3. The second-order valence-corrected chi connectivity index (χ2v) is 5.73. The van der Waals surface area contributed by atoms with E-state index in [0.717, 1.165) is 25.7 Å². The molecule has 0 bridgehead atoms. The summed E-state index contributed by atoms with van der Waals surface area (Å²) in [5.74, 6) is 0.232. The van der Waals surface area contributed by atoms with E-state index >= 15 is 0 Å². The highest BCUT2D eigenvalue weighted by molar-refractivity contribution is 5.95. The van der Waals surface area contributed by atoms with Crippen molar-refractivity contribution in [2.45, 2.75) is 32.1 Å². The lowest BCUT2D eigenvalue weighted by Crippen LogP contribution is -2.40. The fraction of sp³-hybridized carbons (Fsp3) is 0.500. The number of primary amides is 1. The number of ether oxygens (including phenoxy) is 1. The zero-order valence-electron chi connectivity index (χ0n) is 13.0. The van der Waals surface area contributed by atoms with Gasteiger partial charge in [-0.2, -0.15) is 0 Å². The summed E-state index contributed by atoms with van der Waals surface area (Å²) in [6.07, 6.45) is 3.99. The summed E-state index contributed by atoms with van der Waals surface area (Å²) in [4.78, 5) is 23.1. The van der Waals surface area contributed by atoms with Crippen LogP contribution in [0.2, 0.25) is 0 Å². The first-order valence-electron chi connectivity index (χ1n) is 7.58. The first kappa shape index (κ1) is 19.3. The van der Waals surface area contributed by atoms with Gasteiger partial charge in [-0.05, 0) is 37.1 Å². The highest BCUT2D eigenvalue weighted by Gasteiger charge is 2.39. The molecule has 1 saturated carbocycles. The molecule has 128 valence electrons. The Balaban J connectivity index is 0.00000264. The molecule has 0 saturated heterocycles. The summed E-state index contributed by atoms with van der Waals surface area (Å²) < 4.78 is 5.38. The average molecular weight is 342 g/mol. The number of carbonyl (C=O) groups excluding carboxylic acids is 2. The smallest absolute Gasteiger partial charge is 0.231 e. The first-order chi connectivity index (χ1) is 10.6. The van der Waals surface area contributed by atoms with E-state index in [1.165, 1.54) is 0 Å². The SMILES string of the molecule is Cl.NCC1(C(=O)Nc2ccc(OCCC(N)=O)cc2)CCCC1. The van der Waals surface area contributed by atoms with E-state index in [1.54, 1.807) is 24.3 Å². The normalized spacial score (nSPS) is 15.5. The van der Waals surface area contributed by atoms with E-state index in [1.807, 2.05) is 0 Å². The number of hydrogen-bond donors (Lipinski definition) is 3. The Kier molecular flexibility index (Phi) is 7.32. The summed E-state index contributed by atoms with van der Waals surface area (Å²) in [5.41, 5.74) is 11.1. The molecule has 1 aliphatic carbocycles. The molecule has 0 atom stereocenters. The van der Waals surface area contributed by atoms with E-state index < -0.39 is 11.3 Å². The maximum absolute atomic E-state index is 12.4. The topological polar surface area (TPSA) is 107 Å².